The van der Waals surface area contributed by atoms with Crippen LogP contribution in [0.15, 0.2) is 22.7 Å². The van der Waals surface area contributed by atoms with Gasteiger partial charge in [-0.1, -0.05) is 35.8 Å². The summed E-state index contributed by atoms with van der Waals surface area (Å²) in [4.78, 5) is 1.61. The Bertz CT molecular complexity index is 433. The Morgan fingerprint density at radius 2 is 1.95 bits per heavy atom. The van der Waals surface area contributed by atoms with E-state index in [1.165, 1.54) is 0 Å². The number of benzene rings is 1. The Morgan fingerprint density at radius 1 is 1.30 bits per heavy atom. The van der Waals surface area contributed by atoms with E-state index < -0.39 is 12.6 Å². The van der Waals surface area contributed by atoms with Crippen LogP contribution in [0.3, 0.4) is 0 Å². The molecule has 0 unspecified atom stereocenters. The molecule has 6 heteroatoms. The van der Waals surface area contributed by atoms with E-state index in [0.29, 0.717) is 6.04 Å². The summed E-state index contributed by atoms with van der Waals surface area (Å²) < 4.78 is 37.5. The van der Waals surface area contributed by atoms with Crippen LogP contribution in [0.2, 0.25) is 0 Å². The highest BCUT2D eigenvalue weighted by Crippen LogP contribution is 2.26. The summed E-state index contributed by atoms with van der Waals surface area (Å²) in [6.07, 6.45) is -4.93. The smallest absolute Gasteiger partial charge is 0.374 e. The van der Waals surface area contributed by atoms with Gasteiger partial charge in [0.05, 0.1) is 6.42 Å². The first-order valence-electron chi connectivity index (χ1n) is 6.49. The maximum Gasteiger partial charge on any atom is 0.390 e. The molecule has 0 bridgehead atoms. The zero-order chi connectivity index (χ0) is 15.3. The van der Waals surface area contributed by atoms with Crippen molar-refractivity contribution in [1.29, 1.82) is 0 Å². The van der Waals surface area contributed by atoms with Gasteiger partial charge in [-0.15, -0.1) is 0 Å². The number of nitrogens with zero attached hydrogens (tertiary/aromatic N) is 1. The monoisotopic (exact) mass is 352 g/mol. The van der Waals surface area contributed by atoms with E-state index in [1.807, 2.05) is 18.2 Å². The Balaban J connectivity index is 2.66. The zero-order valence-electron chi connectivity index (χ0n) is 11.9. The highest BCUT2D eigenvalue weighted by molar-refractivity contribution is 9.10. The largest absolute Gasteiger partial charge is 0.390 e. The molecule has 0 aromatic heterocycles. The minimum atomic E-state index is -4.12. The number of halogens is 4. The summed E-state index contributed by atoms with van der Waals surface area (Å²) in [6.45, 7) is 4.81. The van der Waals surface area contributed by atoms with Crippen molar-refractivity contribution in [3.8, 4) is 0 Å². The summed E-state index contributed by atoms with van der Waals surface area (Å²) >= 11 is 3.47. The molecule has 0 spiro atoms. The molecular formula is C14H20BrF3N2. The molecule has 0 saturated carbocycles. The van der Waals surface area contributed by atoms with Gasteiger partial charge in [0.2, 0.25) is 0 Å². The lowest BCUT2D eigenvalue weighted by molar-refractivity contribution is -0.132. The normalized spacial score (nSPS) is 12.0. The van der Waals surface area contributed by atoms with Crippen LogP contribution in [-0.2, 0) is 6.54 Å². The van der Waals surface area contributed by atoms with Crippen molar-refractivity contribution < 1.29 is 13.2 Å². The quantitative estimate of drug-likeness (QED) is 0.819. The molecule has 20 heavy (non-hydrogen) atoms. The first-order valence-corrected chi connectivity index (χ1v) is 7.28. The molecule has 0 aliphatic rings. The topological polar surface area (TPSA) is 15.3 Å². The molecule has 2 nitrogen and oxygen atoms in total. The van der Waals surface area contributed by atoms with Gasteiger partial charge in [-0.25, -0.2) is 0 Å². The van der Waals surface area contributed by atoms with Crippen LogP contribution in [0.5, 0.6) is 0 Å². The van der Waals surface area contributed by atoms with Gasteiger partial charge in [-0.05, 0) is 17.7 Å². The van der Waals surface area contributed by atoms with Crippen LogP contribution in [-0.4, -0.2) is 25.8 Å². The Morgan fingerprint density at radius 3 is 2.45 bits per heavy atom. The van der Waals surface area contributed by atoms with Crippen molar-refractivity contribution in [3.63, 3.8) is 0 Å². The first-order chi connectivity index (χ1) is 9.19. The van der Waals surface area contributed by atoms with Crippen LogP contribution in [0.25, 0.3) is 0 Å². The van der Waals surface area contributed by atoms with E-state index in [0.717, 1.165) is 22.3 Å². The van der Waals surface area contributed by atoms with E-state index in [1.54, 1.807) is 11.9 Å². The van der Waals surface area contributed by atoms with Crippen molar-refractivity contribution in [2.24, 2.45) is 0 Å². The first kappa shape index (κ1) is 17.3. The fourth-order valence-corrected chi connectivity index (χ4v) is 2.16. The van der Waals surface area contributed by atoms with Gasteiger partial charge in [0.1, 0.15) is 0 Å². The highest BCUT2D eigenvalue weighted by atomic mass is 79.9. The van der Waals surface area contributed by atoms with E-state index in [9.17, 15) is 13.2 Å². The molecular weight excluding hydrogens is 333 g/mol. The third-order valence-corrected chi connectivity index (χ3v) is 3.65. The van der Waals surface area contributed by atoms with E-state index in [4.69, 9.17) is 0 Å². The summed E-state index contributed by atoms with van der Waals surface area (Å²) in [6, 6.07) is 6.02. The second-order valence-corrected chi connectivity index (χ2v) is 5.95. The molecule has 0 fully saturated rings. The molecule has 0 aliphatic carbocycles. The maximum absolute atomic E-state index is 12.2. The third kappa shape index (κ3) is 6.13. The van der Waals surface area contributed by atoms with Gasteiger partial charge in [-0.2, -0.15) is 13.2 Å². The lowest BCUT2D eigenvalue weighted by atomic mass is 10.2. The van der Waals surface area contributed by atoms with E-state index in [-0.39, 0.29) is 6.54 Å². The molecule has 0 atom stereocenters. The second-order valence-electron chi connectivity index (χ2n) is 5.10. The van der Waals surface area contributed by atoms with Crippen molar-refractivity contribution in [2.45, 2.75) is 39.0 Å². The minimum absolute atomic E-state index is 0.0421. The molecule has 1 aromatic rings. The van der Waals surface area contributed by atoms with Crippen LogP contribution >= 0.6 is 15.9 Å². The maximum atomic E-state index is 12.2. The van der Waals surface area contributed by atoms with Gasteiger partial charge >= 0.3 is 6.18 Å². The number of anilines is 1. The van der Waals surface area contributed by atoms with Gasteiger partial charge in [0.15, 0.2) is 0 Å². The predicted octanol–water partition coefficient (Wildman–Crippen LogP) is 4.34. The van der Waals surface area contributed by atoms with E-state index >= 15 is 0 Å². The SMILES string of the molecule is CC(C)NCc1ccc(N(C)CCC(F)(F)F)cc1Br. The summed E-state index contributed by atoms with van der Waals surface area (Å²) in [5, 5.41) is 3.30. The van der Waals surface area contributed by atoms with Crippen molar-refractivity contribution in [1.82, 2.24) is 5.32 Å². The lowest BCUT2D eigenvalue weighted by Crippen LogP contribution is -2.24. The Labute approximate surface area is 126 Å². The van der Waals surface area contributed by atoms with Crippen LogP contribution in [0.4, 0.5) is 18.9 Å². The molecule has 1 aromatic carbocycles. The summed E-state index contributed by atoms with van der Waals surface area (Å²) in [7, 11) is 1.67. The number of alkyl halides is 3. The van der Waals surface area contributed by atoms with Crippen LogP contribution in [0.1, 0.15) is 25.8 Å². The van der Waals surface area contributed by atoms with Gasteiger partial charge in [0, 0.05) is 36.3 Å². The van der Waals surface area contributed by atoms with Crippen molar-refractivity contribution >= 4 is 21.6 Å². The summed E-state index contributed by atoms with van der Waals surface area (Å²) in [5.74, 6) is 0. The highest BCUT2D eigenvalue weighted by Gasteiger charge is 2.27. The Hall–Kier alpha value is -0.750. The number of hydrogen-bond acceptors (Lipinski definition) is 2. The molecule has 0 radical (unpaired) electrons. The van der Waals surface area contributed by atoms with Gasteiger partial charge < -0.3 is 10.2 Å². The van der Waals surface area contributed by atoms with Gasteiger partial charge in [-0.3, -0.25) is 0 Å². The third-order valence-electron chi connectivity index (χ3n) is 2.91. The fraction of sp³-hybridized carbons (Fsp3) is 0.571. The molecule has 1 N–H and O–H groups in total. The average molecular weight is 353 g/mol. The van der Waals surface area contributed by atoms with Crippen molar-refractivity contribution in [3.05, 3.63) is 28.2 Å². The van der Waals surface area contributed by atoms with Crippen molar-refractivity contribution in [2.75, 3.05) is 18.5 Å². The second kappa shape index (κ2) is 7.31. The van der Waals surface area contributed by atoms with Gasteiger partial charge in [0.25, 0.3) is 0 Å². The van der Waals surface area contributed by atoms with Crippen LogP contribution in [0, 0.1) is 0 Å². The molecule has 1 rings (SSSR count). The number of nitrogens with one attached hydrogen (secondary N) is 1. The number of hydrogen-bond donors (Lipinski definition) is 1. The standard InChI is InChI=1S/C14H20BrF3N2/c1-10(2)19-9-11-4-5-12(8-13(11)15)20(3)7-6-14(16,17)18/h4-5,8,10,19H,6-7,9H2,1-3H3. The minimum Gasteiger partial charge on any atom is -0.374 e. The Kier molecular flexibility index (Phi) is 6.33. The number of rotatable bonds is 6. The summed E-state index contributed by atoms with van der Waals surface area (Å²) in [5.41, 5.74) is 1.86. The average Bonchev–Trinajstić information content (AvgIpc) is 2.33. The zero-order valence-corrected chi connectivity index (χ0v) is 13.5. The van der Waals surface area contributed by atoms with E-state index in [2.05, 4.69) is 35.1 Å². The molecule has 0 heterocycles. The molecule has 0 amide bonds. The molecule has 0 saturated heterocycles. The molecule has 114 valence electrons. The molecule has 0 aliphatic heterocycles. The lowest BCUT2D eigenvalue weighted by Gasteiger charge is -2.21. The fourth-order valence-electron chi connectivity index (χ4n) is 1.65. The predicted molar refractivity (Wildman–Crippen MR) is 80.1 cm³/mol. The van der Waals surface area contributed by atoms with Crippen LogP contribution < -0.4 is 10.2 Å².